The van der Waals surface area contributed by atoms with Crippen LogP contribution in [0.15, 0.2) is 42.7 Å². The van der Waals surface area contributed by atoms with Gasteiger partial charge in [-0.2, -0.15) is 0 Å². The summed E-state index contributed by atoms with van der Waals surface area (Å²) in [6.45, 7) is 4.88. The van der Waals surface area contributed by atoms with E-state index in [4.69, 9.17) is 0 Å². The number of aryl methyl sites for hydroxylation is 1. The van der Waals surface area contributed by atoms with Gasteiger partial charge in [-0.25, -0.2) is 4.39 Å². The maximum atomic E-state index is 13.5. The fourth-order valence-corrected chi connectivity index (χ4v) is 3.27. The Balaban J connectivity index is 1.39. The minimum Gasteiger partial charge on any atom is -0.348 e. The van der Waals surface area contributed by atoms with Crippen LogP contribution in [0.25, 0.3) is 0 Å². The Morgan fingerprint density at radius 3 is 2.68 bits per heavy atom. The van der Waals surface area contributed by atoms with Gasteiger partial charge in [0, 0.05) is 31.2 Å². The van der Waals surface area contributed by atoms with Crippen LogP contribution in [-0.4, -0.2) is 41.3 Å². The second-order valence-corrected chi connectivity index (χ2v) is 7.21. The van der Waals surface area contributed by atoms with Gasteiger partial charge in [-0.05, 0) is 68.1 Å². The summed E-state index contributed by atoms with van der Waals surface area (Å²) >= 11 is 0. The molecule has 28 heavy (non-hydrogen) atoms. The normalized spacial score (nSPS) is 15.2. The largest absolute Gasteiger partial charge is 0.348 e. The number of rotatable bonds is 5. The molecule has 6 nitrogen and oxygen atoms in total. The lowest BCUT2D eigenvalue weighted by Crippen LogP contribution is -2.41. The molecule has 0 radical (unpaired) electrons. The van der Waals surface area contributed by atoms with Crippen LogP contribution in [-0.2, 0) is 16.1 Å². The van der Waals surface area contributed by atoms with Gasteiger partial charge in [-0.1, -0.05) is 12.1 Å². The average molecular weight is 384 g/mol. The second-order valence-electron chi connectivity index (χ2n) is 7.21. The topological polar surface area (TPSA) is 74.3 Å². The lowest BCUT2D eigenvalue weighted by atomic mass is 9.96. The number of hydrogen-bond donors (Lipinski definition) is 2. The molecular weight excluding hydrogens is 359 g/mol. The highest BCUT2D eigenvalue weighted by molar-refractivity contribution is 6.39. The van der Waals surface area contributed by atoms with Crippen molar-refractivity contribution in [1.82, 2.24) is 15.2 Å². The second kappa shape index (κ2) is 9.41. The highest BCUT2D eigenvalue weighted by Gasteiger charge is 2.21. The molecule has 2 N–H and O–H groups in total. The number of nitrogens with zero attached hydrogens (tertiary/aromatic N) is 2. The SMILES string of the molecule is Cc1ccc(NC(=O)C(=O)NCC2CCN(Cc3cccnc3)CC2)cc1F. The van der Waals surface area contributed by atoms with E-state index in [2.05, 4.69) is 26.6 Å². The highest BCUT2D eigenvalue weighted by atomic mass is 19.1. The van der Waals surface area contributed by atoms with E-state index in [1.54, 1.807) is 25.3 Å². The summed E-state index contributed by atoms with van der Waals surface area (Å²) in [5.74, 6) is -1.55. The first-order valence-electron chi connectivity index (χ1n) is 9.48. The summed E-state index contributed by atoms with van der Waals surface area (Å²) in [4.78, 5) is 30.5. The maximum Gasteiger partial charge on any atom is 0.313 e. The highest BCUT2D eigenvalue weighted by Crippen LogP contribution is 2.18. The Hall–Kier alpha value is -2.80. The van der Waals surface area contributed by atoms with Gasteiger partial charge in [0.25, 0.3) is 0 Å². The first-order valence-corrected chi connectivity index (χ1v) is 9.48. The van der Waals surface area contributed by atoms with E-state index in [0.29, 0.717) is 18.0 Å². The Morgan fingerprint density at radius 1 is 1.21 bits per heavy atom. The molecule has 0 bridgehead atoms. The molecule has 1 saturated heterocycles. The van der Waals surface area contributed by atoms with E-state index >= 15 is 0 Å². The number of benzene rings is 1. The average Bonchev–Trinajstić information content (AvgIpc) is 2.71. The molecule has 1 aliphatic heterocycles. The zero-order valence-corrected chi connectivity index (χ0v) is 16.0. The summed E-state index contributed by atoms with van der Waals surface area (Å²) in [6, 6.07) is 8.34. The van der Waals surface area contributed by atoms with Gasteiger partial charge in [0.1, 0.15) is 5.82 Å². The van der Waals surface area contributed by atoms with E-state index in [-0.39, 0.29) is 5.69 Å². The van der Waals surface area contributed by atoms with Crippen molar-refractivity contribution in [2.75, 3.05) is 25.0 Å². The molecule has 1 fully saturated rings. The van der Waals surface area contributed by atoms with Crippen molar-refractivity contribution < 1.29 is 14.0 Å². The van der Waals surface area contributed by atoms with Crippen molar-refractivity contribution >= 4 is 17.5 Å². The number of pyridine rings is 1. The Morgan fingerprint density at radius 2 is 2.00 bits per heavy atom. The van der Waals surface area contributed by atoms with Crippen molar-refractivity contribution in [3.8, 4) is 0 Å². The molecule has 148 valence electrons. The number of aromatic nitrogens is 1. The van der Waals surface area contributed by atoms with Crippen LogP contribution in [0.4, 0.5) is 10.1 Å². The predicted molar refractivity (Wildman–Crippen MR) is 105 cm³/mol. The van der Waals surface area contributed by atoms with E-state index in [9.17, 15) is 14.0 Å². The molecule has 1 aliphatic rings. The fourth-order valence-electron chi connectivity index (χ4n) is 3.27. The molecule has 0 saturated carbocycles. The number of piperidine rings is 1. The third-order valence-corrected chi connectivity index (χ3v) is 5.02. The smallest absolute Gasteiger partial charge is 0.313 e. The summed E-state index contributed by atoms with van der Waals surface area (Å²) < 4.78 is 13.5. The fraction of sp³-hybridized carbons (Fsp3) is 0.381. The lowest BCUT2D eigenvalue weighted by Gasteiger charge is -2.31. The Kier molecular flexibility index (Phi) is 6.71. The minimum atomic E-state index is -0.780. The molecule has 1 aromatic heterocycles. The minimum absolute atomic E-state index is 0.270. The van der Waals surface area contributed by atoms with Crippen LogP contribution < -0.4 is 10.6 Å². The monoisotopic (exact) mass is 384 g/mol. The molecule has 3 rings (SSSR count). The predicted octanol–water partition coefficient (Wildman–Crippen LogP) is 2.50. The number of nitrogens with one attached hydrogen (secondary N) is 2. The van der Waals surface area contributed by atoms with Gasteiger partial charge in [0.15, 0.2) is 0 Å². The molecular formula is C21H25FN4O2. The van der Waals surface area contributed by atoms with E-state index in [0.717, 1.165) is 32.5 Å². The number of likely N-dealkylation sites (tertiary alicyclic amines) is 1. The van der Waals surface area contributed by atoms with Crippen LogP contribution in [0.3, 0.4) is 0 Å². The van der Waals surface area contributed by atoms with Crippen LogP contribution in [0.2, 0.25) is 0 Å². The zero-order chi connectivity index (χ0) is 19.9. The standard InChI is InChI=1S/C21H25FN4O2/c1-15-4-5-18(11-19(15)22)25-21(28)20(27)24-13-16-6-9-26(10-7-16)14-17-3-2-8-23-12-17/h2-5,8,11-12,16H,6-7,9-10,13-14H2,1H3,(H,24,27)(H,25,28). The molecule has 0 spiro atoms. The summed E-state index contributed by atoms with van der Waals surface area (Å²) in [7, 11) is 0. The van der Waals surface area contributed by atoms with Crippen molar-refractivity contribution in [3.63, 3.8) is 0 Å². The molecule has 2 aromatic rings. The molecule has 1 aromatic carbocycles. The number of anilines is 1. The molecule has 0 atom stereocenters. The molecule has 7 heteroatoms. The van der Waals surface area contributed by atoms with Crippen molar-refractivity contribution in [1.29, 1.82) is 0 Å². The third kappa shape index (κ3) is 5.60. The Bertz CT molecular complexity index is 820. The van der Waals surface area contributed by atoms with E-state index in [1.165, 1.54) is 11.6 Å². The van der Waals surface area contributed by atoms with Gasteiger partial charge in [0.05, 0.1) is 0 Å². The molecule has 2 heterocycles. The van der Waals surface area contributed by atoms with Gasteiger partial charge in [-0.15, -0.1) is 0 Å². The van der Waals surface area contributed by atoms with Crippen molar-refractivity contribution in [2.45, 2.75) is 26.3 Å². The van der Waals surface area contributed by atoms with E-state index in [1.807, 2.05) is 12.3 Å². The summed E-state index contributed by atoms with van der Waals surface area (Å²) in [5, 5.41) is 5.12. The van der Waals surface area contributed by atoms with Crippen LogP contribution in [0, 0.1) is 18.7 Å². The summed E-state index contributed by atoms with van der Waals surface area (Å²) in [6.07, 6.45) is 5.57. The van der Waals surface area contributed by atoms with E-state index < -0.39 is 17.6 Å². The van der Waals surface area contributed by atoms with Gasteiger partial charge in [0.2, 0.25) is 0 Å². The van der Waals surface area contributed by atoms with Crippen LogP contribution in [0.1, 0.15) is 24.0 Å². The van der Waals surface area contributed by atoms with Crippen LogP contribution in [0.5, 0.6) is 0 Å². The molecule has 0 unspecified atom stereocenters. The lowest BCUT2D eigenvalue weighted by molar-refractivity contribution is -0.136. The number of hydrogen-bond acceptors (Lipinski definition) is 4. The van der Waals surface area contributed by atoms with Crippen LogP contribution >= 0.6 is 0 Å². The van der Waals surface area contributed by atoms with Crippen molar-refractivity contribution in [2.24, 2.45) is 5.92 Å². The molecule has 2 amide bonds. The summed E-state index contributed by atoms with van der Waals surface area (Å²) in [5.41, 5.74) is 1.95. The number of carbonyl (C=O) groups is 2. The van der Waals surface area contributed by atoms with Gasteiger partial charge >= 0.3 is 11.8 Å². The first-order chi connectivity index (χ1) is 13.5. The third-order valence-electron chi connectivity index (χ3n) is 5.02. The quantitative estimate of drug-likeness (QED) is 0.777. The first kappa shape index (κ1) is 19.9. The van der Waals surface area contributed by atoms with Gasteiger partial charge in [-0.3, -0.25) is 19.5 Å². The Labute approximate surface area is 164 Å². The number of amides is 2. The van der Waals surface area contributed by atoms with Gasteiger partial charge < -0.3 is 10.6 Å². The van der Waals surface area contributed by atoms with Crippen molar-refractivity contribution in [3.05, 3.63) is 59.7 Å². The number of carbonyl (C=O) groups excluding carboxylic acids is 2. The zero-order valence-electron chi connectivity index (χ0n) is 16.0. The molecule has 0 aliphatic carbocycles. The maximum absolute atomic E-state index is 13.5. The number of halogens is 1.